The van der Waals surface area contributed by atoms with Gasteiger partial charge in [0.25, 0.3) is 0 Å². The van der Waals surface area contributed by atoms with Gasteiger partial charge in [-0.15, -0.1) is 0 Å². The van der Waals surface area contributed by atoms with Crippen molar-refractivity contribution in [2.45, 2.75) is 62.9 Å². The number of fused-ring (bicyclic) bond motifs is 2. The maximum Gasteiger partial charge on any atom is 0.494 e. The van der Waals surface area contributed by atoms with Crippen molar-refractivity contribution >= 4 is 25.2 Å². The first-order chi connectivity index (χ1) is 14.9. The van der Waals surface area contributed by atoms with Crippen molar-refractivity contribution in [3.63, 3.8) is 0 Å². The Morgan fingerprint density at radius 1 is 0.533 bits per heavy atom. The second-order valence-corrected chi connectivity index (χ2v) is 8.78. The lowest BCUT2D eigenvalue weighted by Gasteiger charge is -2.21. The molecule has 0 amide bonds. The van der Waals surface area contributed by atoms with Crippen LogP contribution in [0.2, 0.25) is 0 Å². The summed E-state index contributed by atoms with van der Waals surface area (Å²) in [4.78, 5) is 0. The fourth-order valence-corrected chi connectivity index (χ4v) is 5.45. The van der Waals surface area contributed by atoms with Crippen molar-refractivity contribution < 1.29 is 18.6 Å². The molecule has 4 atom stereocenters. The lowest BCUT2D eigenvalue weighted by molar-refractivity contribution is 0.187. The van der Waals surface area contributed by atoms with Crippen LogP contribution >= 0.6 is 0 Å². The van der Waals surface area contributed by atoms with Crippen molar-refractivity contribution in [3.8, 4) is 0 Å². The molecule has 2 saturated carbocycles. The van der Waals surface area contributed by atoms with E-state index in [0.29, 0.717) is 0 Å². The number of rotatable bonds is 4. The van der Waals surface area contributed by atoms with Crippen LogP contribution < -0.4 is 0 Å². The molecule has 4 fully saturated rings. The van der Waals surface area contributed by atoms with Gasteiger partial charge in [0.05, 0.1) is 24.4 Å². The molecule has 2 aliphatic heterocycles. The lowest BCUT2D eigenvalue weighted by atomic mass is 9.60. The molecule has 6 rings (SSSR count). The standard InChI is InChI=1S/C24H26B2O4/c1-3-9-17(10-4-1)23(25-27-19-13-7-14-20(19)28-25)24(18-11-5-2-6-12-18)26-29-21-15-8-16-22(21)30-26/h1-6,9-12,19-22H,7-8,13-16H2/b24-23-/t19-,20+,21-,22+. The Morgan fingerprint density at radius 2 is 0.867 bits per heavy atom. The quantitative estimate of drug-likeness (QED) is 0.556. The fourth-order valence-electron chi connectivity index (χ4n) is 5.45. The molecule has 0 aromatic heterocycles. The van der Waals surface area contributed by atoms with Gasteiger partial charge in [-0.25, -0.2) is 0 Å². The molecule has 6 heteroatoms. The molecular weight excluding hydrogens is 374 g/mol. The van der Waals surface area contributed by atoms with Crippen LogP contribution in [0.1, 0.15) is 49.7 Å². The minimum atomic E-state index is -0.398. The van der Waals surface area contributed by atoms with E-state index in [0.717, 1.165) is 47.8 Å². The van der Waals surface area contributed by atoms with Crippen LogP contribution in [0.3, 0.4) is 0 Å². The van der Waals surface area contributed by atoms with Crippen LogP contribution in [-0.2, 0) is 18.6 Å². The van der Waals surface area contributed by atoms with Gasteiger partial charge in [-0.1, -0.05) is 60.7 Å². The summed E-state index contributed by atoms with van der Waals surface area (Å²) in [6.45, 7) is 0. The first-order valence-corrected chi connectivity index (χ1v) is 11.3. The van der Waals surface area contributed by atoms with Gasteiger partial charge < -0.3 is 18.6 Å². The SMILES string of the molecule is c1ccc(/C(B2O[C@H]3CCC[C@H]3O2)=C(/B2O[C@H]3CCC[C@H]3O2)c2ccccc2)cc1. The molecule has 152 valence electrons. The summed E-state index contributed by atoms with van der Waals surface area (Å²) in [7, 11) is -0.795. The van der Waals surface area contributed by atoms with Crippen LogP contribution in [0.5, 0.6) is 0 Å². The summed E-state index contributed by atoms with van der Waals surface area (Å²) in [6.07, 6.45) is 7.41. The third-order valence-electron chi connectivity index (χ3n) is 6.91. The average molecular weight is 400 g/mol. The number of hydrogen-bond acceptors (Lipinski definition) is 4. The highest BCUT2D eigenvalue weighted by Gasteiger charge is 2.50. The normalized spacial score (nSPS) is 31.1. The predicted molar refractivity (Wildman–Crippen MR) is 118 cm³/mol. The van der Waals surface area contributed by atoms with Gasteiger partial charge in [0, 0.05) is 0 Å². The molecule has 2 aromatic carbocycles. The molecule has 0 N–H and O–H groups in total. The monoisotopic (exact) mass is 400 g/mol. The van der Waals surface area contributed by atoms with Crippen LogP contribution in [0.15, 0.2) is 60.7 Å². The molecule has 30 heavy (non-hydrogen) atoms. The molecule has 0 bridgehead atoms. The van der Waals surface area contributed by atoms with E-state index < -0.39 is 14.2 Å². The highest BCUT2D eigenvalue weighted by molar-refractivity contribution is 6.82. The van der Waals surface area contributed by atoms with Gasteiger partial charge in [0.15, 0.2) is 0 Å². The van der Waals surface area contributed by atoms with E-state index in [1.165, 1.54) is 12.8 Å². The molecule has 4 aliphatic rings. The van der Waals surface area contributed by atoms with E-state index in [1.807, 2.05) is 12.1 Å². The Labute approximate surface area is 178 Å². The molecule has 0 radical (unpaired) electrons. The molecule has 4 nitrogen and oxygen atoms in total. The summed E-state index contributed by atoms with van der Waals surface area (Å²) < 4.78 is 25.9. The Balaban J connectivity index is 1.48. The van der Waals surface area contributed by atoms with E-state index >= 15 is 0 Å². The van der Waals surface area contributed by atoms with Crippen LogP contribution in [0.25, 0.3) is 10.9 Å². The Bertz CT molecular complexity index is 820. The summed E-state index contributed by atoms with van der Waals surface area (Å²) >= 11 is 0. The molecule has 0 spiro atoms. The van der Waals surface area contributed by atoms with Gasteiger partial charge in [-0.2, -0.15) is 0 Å². The van der Waals surface area contributed by atoms with Crippen LogP contribution in [-0.4, -0.2) is 38.7 Å². The highest BCUT2D eigenvalue weighted by atomic mass is 16.7. The Hall–Kier alpha value is -1.85. The van der Waals surface area contributed by atoms with Gasteiger partial charge >= 0.3 is 14.2 Å². The molecule has 2 aliphatic carbocycles. The first-order valence-electron chi connectivity index (χ1n) is 11.3. The average Bonchev–Trinajstić information content (AvgIpc) is 3.54. The zero-order chi connectivity index (χ0) is 19.9. The van der Waals surface area contributed by atoms with E-state index in [9.17, 15) is 0 Å². The first kappa shape index (κ1) is 18.9. The van der Waals surface area contributed by atoms with Gasteiger partial charge in [0.1, 0.15) is 0 Å². The second-order valence-electron chi connectivity index (χ2n) is 8.78. The van der Waals surface area contributed by atoms with E-state index in [4.69, 9.17) is 18.6 Å². The van der Waals surface area contributed by atoms with Gasteiger partial charge in [-0.05, 0) is 60.6 Å². The van der Waals surface area contributed by atoms with Crippen molar-refractivity contribution in [1.29, 1.82) is 0 Å². The fraction of sp³-hybridized carbons (Fsp3) is 0.417. The smallest absolute Gasteiger partial charge is 0.402 e. The molecule has 2 aromatic rings. The second kappa shape index (κ2) is 8.01. The van der Waals surface area contributed by atoms with E-state index in [-0.39, 0.29) is 24.4 Å². The largest absolute Gasteiger partial charge is 0.494 e. The molecule has 2 heterocycles. The van der Waals surface area contributed by atoms with Crippen molar-refractivity contribution in [2.75, 3.05) is 0 Å². The topological polar surface area (TPSA) is 36.9 Å². The maximum absolute atomic E-state index is 6.47. The van der Waals surface area contributed by atoms with Crippen molar-refractivity contribution in [1.82, 2.24) is 0 Å². The lowest BCUT2D eigenvalue weighted by Crippen LogP contribution is -2.28. The molecule has 2 saturated heterocycles. The number of hydrogen-bond donors (Lipinski definition) is 0. The molecule has 0 unspecified atom stereocenters. The zero-order valence-corrected chi connectivity index (χ0v) is 17.1. The van der Waals surface area contributed by atoms with E-state index in [2.05, 4.69) is 48.5 Å². The van der Waals surface area contributed by atoms with Crippen LogP contribution in [0.4, 0.5) is 0 Å². The van der Waals surface area contributed by atoms with Gasteiger partial charge in [-0.3, -0.25) is 0 Å². The third kappa shape index (κ3) is 3.36. The summed E-state index contributed by atoms with van der Waals surface area (Å²) in [6, 6.07) is 20.9. The molecular formula is C24H26B2O4. The highest BCUT2D eigenvalue weighted by Crippen LogP contribution is 2.42. The van der Waals surface area contributed by atoms with Crippen LogP contribution in [0, 0.1) is 0 Å². The Kier molecular flexibility index (Phi) is 5.04. The summed E-state index contributed by atoms with van der Waals surface area (Å²) in [5.41, 5.74) is 4.29. The Morgan fingerprint density at radius 3 is 1.20 bits per heavy atom. The van der Waals surface area contributed by atoms with Crippen molar-refractivity contribution in [2.24, 2.45) is 0 Å². The number of benzene rings is 2. The zero-order valence-electron chi connectivity index (χ0n) is 17.1. The minimum Gasteiger partial charge on any atom is -0.402 e. The summed E-state index contributed by atoms with van der Waals surface area (Å²) in [5, 5.41) is 0. The van der Waals surface area contributed by atoms with Crippen molar-refractivity contribution in [3.05, 3.63) is 71.8 Å². The maximum atomic E-state index is 6.47. The third-order valence-corrected chi connectivity index (χ3v) is 6.91. The summed E-state index contributed by atoms with van der Waals surface area (Å²) in [5.74, 6) is 0. The van der Waals surface area contributed by atoms with Gasteiger partial charge in [0.2, 0.25) is 0 Å². The predicted octanol–water partition coefficient (Wildman–Crippen LogP) is 4.59. The minimum absolute atomic E-state index is 0.190. The van der Waals surface area contributed by atoms with E-state index in [1.54, 1.807) is 0 Å².